The van der Waals surface area contributed by atoms with Gasteiger partial charge in [0.05, 0.1) is 35.6 Å². The van der Waals surface area contributed by atoms with Gasteiger partial charge in [-0.25, -0.2) is 31.8 Å². The summed E-state index contributed by atoms with van der Waals surface area (Å²) in [6.07, 6.45) is 5.97. The molecule has 2 aliphatic heterocycles. The number of benzene rings is 1. The third kappa shape index (κ3) is 6.03. The summed E-state index contributed by atoms with van der Waals surface area (Å²) >= 11 is 0. The van der Waals surface area contributed by atoms with E-state index in [4.69, 9.17) is 0 Å². The quantitative estimate of drug-likeness (QED) is 0.383. The maximum atomic E-state index is 13.7. The fraction of sp³-hybridized carbons (Fsp3) is 0.586. The van der Waals surface area contributed by atoms with Gasteiger partial charge in [0.25, 0.3) is 5.92 Å². The van der Waals surface area contributed by atoms with Gasteiger partial charge in [-0.15, -0.1) is 5.10 Å². The molecule has 0 amide bonds. The van der Waals surface area contributed by atoms with Gasteiger partial charge in [-0.1, -0.05) is 5.21 Å². The van der Waals surface area contributed by atoms with Gasteiger partial charge in [0.1, 0.15) is 10.4 Å². The SMILES string of the molecule is Cc1cc(-c2cn(-c3ccc(NS(=O)(=O)C(C)(C)CO)cc3N3CCC4(CC3)CC4)nn2)nc(N2CCC(F)(F)CC2)n1. The zero-order chi connectivity index (χ0) is 30.6. The lowest BCUT2D eigenvalue weighted by Gasteiger charge is -2.35. The number of alkyl halides is 2. The number of anilines is 3. The number of sulfonamides is 1. The average Bonchev–Trinajstić information content (AvgIpc) is 3.52. The zero-order valence-electron chi connectivity index (χ0n) is 24.7. The molecular weight excluding hydrogens is 578 g/mol. The second-order valence-corrected chi connectivity index (χ2v) is 15.1. The number of rotatable bonds is 8. The fourth-order valence-corrected chi connectivity index (χ4v) is 6.55. The molecule has 6 rings (SSSR count). The molecule has 1 aliphatic carbocycles. The van der Waals surface area contributed by atoms with Crippen molar-refractivity contribution in [3.8, 4) is 17.1 Å². The van der Waals surface area contributed by atoms with Crippen LogP contribution in [-0.2, 0) is 10.0 Å². The van der Waals surface area contributed by atoms with Crippen LogP contribution in [0.3, 0.4) is 0 Å². The molecule has 0 bridgehead atoms. The number of nitrogens with zero attached hydrogens (tertiary/aromatic N) is 7. The van der Waals surface area contributed by atoms with Gasteiger partial charge in [-0.05, 0) is 76.1 Å². The van der Waals surface area contributed by atoms with Crippen molar-refractivity contribution in [1.29, 1.82) is 0 Å². The minimum atomic E-state index is -3.87. The first-order valence-electron chi connectivity index (χ1n) is 14.7. The van der Waals surface area contributed by atoms with E-state index in [0.717, 1.165) is 37.3 Å². The molecule has 1 saturated carbocycles. The average molecular weight is 617 g/mol. The fourth-order valence-electron chi connectivity index (χ4n) is 5.67. The lowest BCUT2D eigenvalue weighted by molar-refractivity contribution is -0.0222. The molecule has 4 heterocycles. The normalized spacial score (nSPS) is 20.0. The number of aromatic nitrogens is 5. The van der Waals surface area contributed by atoms with Crippen LogP contribution in [0.2, 0.25) is 0 Å². The lowest BCUT2D eigenvalue weighted by Crippen LogP contribution is -2.40. The van der Waals surface area contributed by atoms with E-state index >= 15 is 0 Å². The maximum Gasteiger partial charge on any atom is 0.251 e. The van der Waals surface area contributed by atoms with Crippen LogP contribution in [0.4, 0.5) is 26.1 Å². The van der Waals surface area contributed by atoms with Crippen LogP contribution < -0.4 is 14.5 Å². The molecule has 1 spiro atoms. The van der Waals surface area contributed by atoms with Crippen molar-refractivity contribution in [1.82, 2.24) is 25.0 Å². The number of nitrogens with one attached hydrogen (secondary N) is 1. The summed E-state index contributed by atoms with van der Waals surface area (Å²) in [4.78, 5) is 13.2. The highest BCUT2D eigenvalue weighted by Gasteiger charge is 2.44. The Balaban J connectivity index is 1.31. The highest BCUT2D eigenvalue weighted by atomic mass is 32.2. The summed E-state index contributed by atoms with van der Waals surface area (Å²) < 4.78 is 56.4. The molecule has 3 fully saturated rings. The topological polar surface area (TPSA) is 129 Å². The maximum absolute atomic E-state index is 13.7. The molecule has 3 aromatic rings. The van der Waals surface area contributed by atoms with Crippen LogP contribution in [0.25, 0.3) is 17.1 Å². The van der Waals surface area contributed by atoms with Gasteiger partial charge >= 0.3 is 0 Å². The van der Waals surface area contributed by atoms with Gasteiger partial charge in [-0.3, -0.25) is 4.72 Å². The molecule has 43 heavy (non-hydrogen) atoms. The summed E-state index contributed by atoms with van der Waals surface area (Å²) in [7, 11) is -3.87. The molecule has 232 valence electrons. The molecule has 0 atom stereocenters. The van der Waals surface area contributed by atoms with E-state index in [1.165, 1.54) is 26.7 Å². The minimum absolute atomic E-state index is 0.175. The lowest BCUT2D eigenvalue weighted by atomic mass is 9.93. The smallest absolute Gasteiger partial charge is 0.251 e. The second-order valence-electron chi connectivity index (χ2n) is 12.8. The predicted octanol–water partition coefficient (Wildman–Crippen LogP) is 4.16. The van der Waals surface area contributed by atoms with Crippen LogP contribution in [-0.4, -0.2) is 81.9 Å². The predicted molar refractivity (Wildman–Crippen MR) is 160 cm³/mol. The molecule has 3 aliphatic rings. The first-order chi connectivity index (χ1) is 20.3. The highest BCUT2D eigenvalue weighted by molar-refractivity contribution is 7.94. The highest BCUT2D eigenvalue weighted by Crippen LogP contribution is 2.54. The number of halogens is 2. The number of piperidine rings is 2. The standard InChI is InChI=1S/C29H38F2N8O3S/c1-20-16-22(33-26(32-20)38-14-10-29(30,31)11-15-38)23-18-39(36-34-23)24-5-4-21(35-43(41,42)27(2,3)19-40)17-25(24)37-12-8-28(6-7-28)9-13-37/h4-5,16-18,35,40H,6-15,19H2,1-3H3. The van der Waals surface area contributed by atoms with E-state index in [9.17, 15) is 22.3 Å². The third-order valence-electron chi connectivity index (χ3n) is 9.08. The molecule has 2 aromatic heterocycles. The van der Waals surface area contributed by atoms with E-state index in [1.54, 1.807) is 27.9 Å². The molecular formula is C29H38F2N8O3S. The summed E-state index contributed by atoms with van der Waals surface area (Å²) in [5.74, 6) is -2.27. The first kappa shape index (κ1) is 29.7. The van der Waals surface area contributed by atoms with Crippen LogP contribution in [0.15, 0.2) is 30.5 Å². The number of hydrogen-bond donors (Lipinski definition) is 2. The van der Waals surface area contributed by atoms with Crippen LogP contribution in [0.1, 0.15) is 58.1 Å². The molecule has 1 aromatic carbocycles. The molecule has 2 saturated heterocycles. The largest absolute Gasteiger partial charge is 0.395 e. The summed E-state index contributed by atoms with van der Waals surface area (Å²) in [5.41, 5.74) is 4.14. The van der Waals surface area contributed by atoms with Gasteiger partial charge in [0.15, 0.2) is 0 Å². The third-order valence-corrected chi connectivity index (χ3v) is 11.2. The van der Waals surface area contributed by atoms with Crippen molar-refractivity contribution < 1.29 is 22.3 Å². The Morgan fingerprint density at radius 3 is 2.26 bits per heavy atom. The molecule has 2 N–H and O–H groups in total. The monoisotopic (exact) mass is 616 g/mol. The van der Waals surface area contributed by atoms with Crippen molar-refractivity contribution >= 4 is 27.3 Å². The Bertz CT molecular complexity index is 1600. The zero-order valence-corrected chi connectivity index (χ0v) is 25.5. The van der Waals surface area contributed by atoms with Gasteiger partial charge in [-0.2, -0.15) is 0 Å². The number of aryl methyl sites for hydroxylation is 1. The van der Waals surface area contributed by atoms with E-state index < -0.39 is 27.3 Å². The Morgan fingerprint density at radius 1 is 0.930 bits per heavy atom. The minimum Gasteiger partial charge on any atom is -0.395 e. The van der Waals surface area contributed by atoms with E-state index in [1.807, 2.05) is 19.1 Å². The molecule has 0 unspecified atom stereocenters. The summed E-state index contributed by atoms with van der Waals surface area (Å²) in [6, 6.07) is 7.09. The Morgan fingerprint density at radius 2 is 1.60 bits per heavy atom. The number of aliphatic hydroxyl groups is 1. The number of aliphatic hydroxyl groups excluding tert-OH is 1. The molecule has 14 heteroatoms. The van der Waals surface area contributed by atoms with Crippen molar-refractivity contribution in [2.75, 3.05) is 47.3 Å². The van der Waals surface area contributed by atoms with E-state index in [0.29, 0.717) is 34.1 Å². The van der Waals surface area contributed by atoms with Crippen LogP contribution in [0, 0.1) is 12.3 Å². The van der Waals surface area contributed by atoms with Crippen molar-refractivity contribution in [2.24, 2.45) is 5.41 Å². The van der Waals surface area contributed by atoms with Gasteiger partial charge in [0, 0.05) is 44.7 Å². The molecule has 0 radical (unpaired) electrons. The first-order valence-corrected chi connectivity index (χ1v) is 16.2. The van der Waals surface area contributed by atoms with Crippen LogP contribution >= 0.6 is 0 Å². The molecule has 11 nitrogen and oxygen atoms in total. The Kier molecular flexibility index (Phi) is 7.35. The Labute approximate surface area is 250 Å². The van der Waals surface area contributed by atoms with Gasteiger partial charge < -0.3 is 14.9 Å². The second kappa shape index (κ2) is 10.7. The van der Waals surface area contributed by atoms with Crippen molar-refractivity contribution in [3.05, 3.63) is 36.2 Å². The van der Waals surface area contributed by atoms with E-state index in [2.05, 4.69) is 29.9 Å². The summed E-state index contributed by atoms with van der Waals surface area (Å²) in [6.45, 7) is 6.30. The van der Waals surface area contributed by atoms with Crippen LogP contribution in [0.5, 0.6) is 0 Å². The van der Waals surface area contributed by atoms with Gasteiger partial charge in [0.2, 0.25) is 16.0 Å². The van der Waals surface area contributed by atoms with E-state index in [-0.39, 0.29) is 25.9 Å². The summed E-state index contributed by atoms with van der Waals surface area (Å²) in [5, 5.41) is 18.4. The number of hydrogen-bond acceptors (Lipinski definition) is 9. The van der Waals surface area contributed by atoms with Crippen molar-refractivity contribution in [2.45, 2.75) is 70.0 Å². The Hall–Kier alpha value is -3.39. The van der Waals surface area contributed by atoms with Crippen molar-refractivity contribution in [3.63, 3.8) is 0 Å².